The van der Waals surface area contributed by atoms with E-state index in [4.69, 9.17) is 5.26 Å². The Hall–Kier alpha value is -2.15. The second-order valence-electron chi connectivity index (χ2n) is 4.28. The molecule has 0 aromatic carbocycles. The van der Waals surface area contributed by atoms with Crippen molar-refractivity contribution in [1.29, 1.82) is 5.26 Å². The Bertz CT molecular complexity index is 575. The maximum atomic E-state index is 9.15. The molecule has 2 aromatic rings. The molecule has 0 N–H and O–H groups in total. The van der Waals surface area contributed by atoms with E-state index in [0.717, 1.165) is 11.3 Å². The molecule has 0 atom stereocenters. The van der Waals surface area contributed by atoms with Gasteiger partial charge in [-0.1, -0.05) is 13.8 Å². The van der Waals surface area contributed by atoms with E-state index in [0.29, 0.717) is 17.3 Å². The largest absolute Gasteiger partial charge is 0.236 e. The molecule has 0 aliphatic carbocycles. The highest BCUT2D eigenvalue weighted by atomic mass is 15.3. The zero-order valence-corrected chi connectivity index (χ0v) is 10.2. The number of hydrogen-bond donors (Lipinski definition) is 0. The summed E-state index contributed by atoms with van der Waals surface area (Å²) in [7, 11) is 0. The molecule has 0 amide bonds. The molecule has 4 heteroatoms. The fourth-order valence-corrected chi connectivity index (χ4v) is 1.62. The molecule has 0 aliphatic heterocycles. The first-order valence-corrected chi connectivity index (χ1v) is 5.55. The number of aromatic nitrogens is 3. The molecular weight excluding hydrogens is 212 g/mol. The molecule has 0 saturated carbocycles. The van der Waals surface area contributed by atoms with Crippen LogP contribution in [0.5, 0.6) is 0 Å². The summed E-state index contributed by atoms with van der Waals surface area (Å²) in [4.78, 5) is 4.23. The molecule has 2 rings (SSSR count). The molecule has 0 aliphatic rings. The summed E-state index contributed by atoms with van der Waals surface area (Å²) >= 11 is 0. The Morgan fingerprint density at radius 1 is 1.35 bits per heavy atom. The molecule has 0 radical (unpaired) electrons. The first kappa shape index (κ1) is 11.3. The summed E-state index contributed by atoms with van der Waals surface area (Å²) in [5, 5.41) is 13.6. The second-order valence-corrected chi connectivity index (χ2v) is 4.28. The monoisotopic (exact) mass is 226 g/mol. The van der Waals surface area contributed by atoms with Crippen molar-refractivity contribution in [3.63, 3.8) is 0 Å². The van der Waals surface area contributed by atoms with Crippen LogP contribution in [0, 0.1) is 18.3 Å². The predicted molar refractivity (Wildman–Crippen MR) is 64.9 cm³/mol. The highest BCUT2D eigenvalue weighted by Gasteiger charge is 2.11. The standard InChI is InChI=1S/C13H14N4/c1-9(2)12-5-7-17(16-12)13-11(8-14)10(3)4-6-15-13/h4-7,9H,1-3H3. The van der Waals surface area contributed by atoms with E-state index in [2.05, 4.69) is 30.0 Å². The fraction of sp³-hybridized carbons (Fsp3) is 0.308. The molecule has 0 spiro atoms. The third kappa shape index (κ3) is 2.04. The van der Waals surface area contributed by atoms with Gasteiger partial charge in [-0.2, -0.15) is 10.4 Å². The first-order valence-electron chi connectivity index (χ1n) is 5.55. The molecule has 2 aromatic heterocycles. The molecule has 0 unspecified atom stereocenters. The Balaban J connectivity index is 2.53. The quantitative estimate of drug-likeness (QED) is 0.790. The zero-order chi connectivity index (χ0) is 12.4. The van der Waals surface area contributed by atoms with Crippen molar-refractivity contribution in [1.82, 2.24) is 14.8 Å². The maximum Gasteiger partial charge on any atom is 0.171 e. The van der Waals surface area contributed by atoms with Crippen LogP contribution in [0.3, 0.4) is 0 Å². The van der Waals surface area contributed by atoms with Crippen LogP contribution in [0.15, 0.2) is 24.5 Å². The van der Waals surface area contributed by atoms with E-state index in [1.807, 2.05) is 25.3 Å². The smallest absolute Gasteiger partial charge is 0.171 e. The number of rotatable bonds is 2. The lowest BCUT2D eigenvalue weighted by Gasteiger charge is -2.05. The molecule has 4 nitrogen and oxygen atoms in total. The minimum absolute atomic E-state index is 0.367. The maximum absolute atomic E-state index is 9.15. The molecule has 86 valence electrons. The van der Waals surface area contributed by atoms with Crippen LogP contribution < -0.4 is 0 Å². The van der Waals surface area contributed by atoms with Gasteiger partial charge in [0.05, 0.1) is 11.3 Å². The van der Waals surface area contributed by atoms with E-state index in [1.165, 1.54) is 0 Å². The van der Waals surface area contributed by atoms with Crippen molar-refractivity contribution >= 4 is 0 Å². The SMILES string of the molecule is Cc1ccnc(-n2ccc(C(C)C)n2)c1C#N. The van der Waals surface area contributed by atoms with E-state index in [-0.39, 0.29) is 0 Å². The van der Waals surface area contributed by atoms with Crippen LogP contribution in [-0.2, 0) is 0 Å². The van der Waals surface area contributed by atoms with E-state index < -0.39 is 0 Å². The number of nitrogens with zero attached hydrogens (tertiary/aromatic N) is 4. The summed E-state index contributed by atoms with van der Waals surface area (Å²) in [5.41, 5.74) is 2.49. The Labute approximate surface area is 101 Å². The summed E-state index contributed by atoms with van der Waals surface area (Å²) in [5.74, 6) is 0.964. The summed E-state index contributed by atoms with van der Waals surface area (Å²) in [6.45, 7) is 6.07. The Kier molecular flexibility index (Phi) is 2.92. The average molecular weight is 226 g/mol. The van der Waals surface area contributed by atoms with Crippen molar-refractivity contribution in [3.8, 4) is 11.9 Å². The van der Waals surface area contributed by atoms with E-state index >= 15 is 0 Å². The van der Waals surface area contributed by atoms with Crippen LogP contribution in [0.4, 0.5) is 0 Å². The van der Waals surface area contributed by atoms with Crippen LogP contribution in [0.25, 0.3) is 5.82 Å². The lowest BCUT2D eigenvalue weighted by atomic mass is 10.1. The fourth-order valence-electron chi connectivity index (χ4n) is 1.62. The van der Waals surface area contributed by atoms with Gasteiger partial charge in [0.2, 0.25) is 0 Å². The normalized spacial score (nSPS) is 10.5. The highest BCUT2D eigenvalue weighted by Crippen LogP contribution is 2.17. The lowest BCUT2D eigenvalue weighted by molar-refractivity contribution is 0.756. The molecule has 2 heterocycles. The third-order valence-corrected chi connectivity index (χ3v) is 2.67. The van der Waals surface area contributed by atoms with Crippen LogP contribution in [0.2, 0.25) is 0 Å². The number of aryl methyl sites for hydroxylation is 1. The van der Waals surface area contributed by atoms with Crippen molar-refractivity contribution in [3.05, 3.63) is 41.3 Å². The second kappa shape index (κ2) is 4.38. The van der Waals surface area contributed by atoms with Crippen molar-refractivity contribution < 1.29 is 0 Å². The Morgan fingerprint density at radius 2 is 2.12 bits per heavy atom. The minimum atomic E-state index is 0.367. The number of nitriles is 1. The van der Waals surface area contributed by atoms with Crippen LogP contribution in [0.1, 0.15) is 36.6 Å². The zero-order valence-electron chi connectivity index (χ0n) is 10.2. The molecule has 0 saturated heterocycles. The topological polar surface area (TPSA) is 54.5 Å². The molecular formula is C13H14N4. The number of hydrogen-bond acceptors (Lipinski definition) is 3. The van der Waals surface area contributed by atoms with Gasteiger partial charge >= 0.3 is 0 Å². The van der Waals surface area contributed by atoms with Gasteiger partial charge in [0.15, 0.2) is 5.82 Å². The van der Waals surface area contributed by atoms with E-state index in [1.54, 1.807) is 10.9 Å². The van der Waals surface area contributed by atoms with Crippen molar-refractivity contribution in [2.24, 2.45) is 0 Å². The van der Waals surface area contributed by atoms with Crippen molar-refractivity contribution in [2.45, 2.75) is 26.7 Å². The van der Waals surface area contributed by atoms with Crippen LogP contribution in [-0.4, -0.2) is 14.8 Å². The lowest BCUT2D eigenvalue weighted by Crippen LogP contribution is -2.04. The minimum Gasteiger partial charge on any atom is -0.236 e. The van der Waals surface area contributed by atoms with Crippen LogP contribution >= 0.6 is 0 Å². The van der Waals surface area contributed by atoms with Gasteiger partial charge in [0.1, 0.15) is 6.07 Å². The first-order chi connectivity index (χ1) is 8.13. The van der Waals surface area contributed by atoms with Gasteiger partial charge in [0.25, 0.3) is 0 Å². The third-order valence-electron chi connectivity index (χ3n) is 2.67. The summed E-state index contributed by atoms with van der Waals surface area (Å²) in [6.07, 6.45) is 3.54. The average Bonchev–Trinajstić information content (AvgIpc) is 2.77. The predicted octanol–water partition coefficient (Wildman–Crippen LogP) is 2.57. The molecule has 17 heavy (non-hydrogen) atoms. The number of pyridine rings is 1. The van der Waals surface area contributed by atoms with Gasteiger partial charge in [-0.05, 0) is 30.5 Å². The Morgan fingerprint density at radius 3 is 2.71 bits per heavy atom. The van der Waals surface area contributed by atoms with Gasteiger partial charge in [-0.25, -0.2) is 9.67 Å². The summed E-state index contributed by atoms with van der Waals surface area (Å²) in [6, 6.07) is 5.96. The van der Waals surface area contributed by atoms with E-state index in [9.17, 15) is 0 Å². The highest BCUT2D eigenvalue weighted by molar-refractivity contribution is 5.47. The van der Waals surface area contributed by atoms with Gasteiger partial charge in [0, 0.05) is 12.4 Å². The van der Waals surface area contributed by atoms with Crippen molar-refractivity contribution in [2.75, 3.05) is 0 Å². The van der Waals surface area contributed by atoms with Gasteiger partial charge < -0.3 is 0 Å². The summed E-state index contributed by atoms with van der Waals surface area (Å²) < 4.78 is 1.67. The van der Waals surface area contributed by atoms with Gasteiger partial charge in [-0.3, -0.25) is 0 Å². The molecule has 0 bridgehead atoms. The molecule has 0 fully saturated rings. The van der Waals surface area contributed by atoms with Gasteiger partial charge in [-0.15, -0.1) is 0 Å².